The molecule has 5 heteroatoms. The highest BCUT2D eigenvalue weighted by molar-refractivity contribution is 6.69. The number of hydrogen-bond donors (Lipinski definition) is 0. The fraction of sp³-hybridized carbons (Fsp3) is 0.0909. The van der Waals surface area contributed by atoms with Gasteiger partial charge in [0.15, 0.2) is 0 Å². The van der Waals surface area contributed by atoms with Crippen molar-refractivity contribution in [3.8, 4) is 18.1 Å². The molecule has 0 aliphatic rings. The van der Waals surface area contributed by atoms with Crippen LogP contribution >= 0.6 is 23.2 Å². The molecular formula is C11H6Cl2O3. The van der Waals surface area contributed by atoms with Crippen molar-refractivity contribution in [1.29, 1.82) is 0 Å². The van der Waals surface area contributed by atoms with Gasteiger partial charge in [-0.15, -0.1) is 6.42 Å². The molecule has 1 rings (SSSR count). The second-order valence-corrected chi connectivity index (χ2v) is 3.47. The van der Waals surface area contributed by atoms with Gasteiger partial charge in [0, 0.05) is 11.1 Å². The van der Waals surface area contributed by atoms with Gasteiger partial charge in [0.2, 0.25) is 0 Å². The topological polar surface area (TPSA) is 43.4 Å². The molecule has 0 saturated carbocycles. The Balaban J connectivity index is 3.14. The SMILES string of the molecule is C#CCOc1cc(C(=O)Cl)cc(C(=O)Cl)c1. The van der Waals surface area contributed by atoms with E-state index in [1.54, 1.807) is 0 Å². The van der Waals surface area contributed by atoms with Crippen molar-refractivity contribution < 1.29 is 14.3 Å². The van der Waals surface area contributed by atoms with Crippen LogP contribution in [0.2, 0.25) is 0 Å². The van der Waals surface area contributed by atoms with Crippen LogP contribution in [0.3, 0.4) is 0 Å². The lowest BCUT2D eigenvalue weighted by Crippen LogP contribution is -2.00. The van der Waals surface area contributed by atoms with Gasteiger partial charge in [0.1, 0.15) is 12.4 Å². The summed E-state index contributed by atoms with van der Waals surface area (Å²) in [6, 6.07) is 4.05. The second kappa shape index (κ2) is 5.55. The predicted octanol–water partition coefficient (Wildman–Crippen LogP) is 2.46. The molecule has 0 amide bonds. The van der Waals surface area contributed by atoms with Gasteiger partial charge in [-0.05, 0) is 41.4 Å². The zero-order chi connectivity index (χ0) is 12.1. The molecule has 0 fully saturated rings. The molecule has 0 radical (unpaired) electrons. The van der Waals surface area contributed by atoms with Gasteiger partial charge < -0.3 is 4.74 Å². The zero-order valence-corrected chi connectivity index (χ0v) is 9.51. The van der Waals surface area contributed by atoms with E-state index in [0.29, 0.717) is 0 Å². The second-order valence-electron chi connectivity index (χ2n) is 2.79. The third-order valence-electron chi connectivity index (χ3n) is 1.68. The highest BCUT2D eigenvalue weighted by Gasteiger charge is 2.10. The monoisotopic (exact) mass is 256 g/mol. The lowest BCUT2D eigenvalue weighted by atomic mass is 10.1. The number of halogens is 2. The Labute approximate surface area is 102 Å². The molecule has 0 aromatic heterocycles. The Morgan fingerprint density at radius 1 is 1.19 bits per heavy atom. The van der Waals surface area contributed by atoms with E-state index in [0.717, 1.165) is 0 Å². The van der Waals surface area contributed by atoms with Crippen molar-refractivity contribution in [2.24, 2.45) is 0 Å². The van der Waals surface area contributed by atoms with E-state index in [4.69, 9.17) is 34.4 Å². The molecule has 0 unspecified atom stereocenters. The maximum Gasteiger partial charge on any atom is 0.252 e. The maximum atomic E-state index is 11.0. The molecule has 0 aliphatic carbocycles. The molecule has 3 nitrogen and oxygen atoms in total. The molecule has 0 aliphatic heterocycles. The van der Waals surface area contributed by atoms with E-state index in [1.165, 1.54) is 18.2 Å². The van der Waals surface area contributed by atoms with Gasteiger partial charge in [-0.25, -0.2) is 0 Å². The first-order valence-electron chi connectivity index (χ1n) is 4.15. The summed E-state index contributed by atoms with van der Waals surface area (Å²) < 4.78 is 5.08. The lowest BCUT2D eigenvalue weighted by Gasteiger charge is -2.05. The van der Waals surface area contributed by atoms with Crippen molar-refractivity contribution in [2.45, 2.75) is 0 Å². The van der Waals surface area contributed by atoms with Gasteiger partial charge in [-0.1, -0.05) is 5.92 Å². The number of hydrogen-bond acceptors (Lipinski definition) is 3. The van der Waals surface area contributed by atoms with E-state index < -0.39 is 10.5 Å². The summed E-state index contributed by atoms with van der Waals surface area (Å²) in [5, 5.41) is -1.41. The van der Waals surface area contributed by atoms with Crippen LogP contribution in [-0.4, -0.2) is 17.1 Å². The number of carbonyl (C=O) groups excluding carboxylic acids is 2. The fourth-order valence-electron chi connectivity index (χ4n) is 1.03. The Morgan fingerprint density at radius 2 is 1.69 bits per heavy atom. The Hall–Kier alpha value is -1.50. The highest BCUT2D eigenvalue weighted by Crippen LogP contribution is 2.20. The smallest absolute Gasteiger partial charge is 0.252 e. The molecule has 82 valence electrons. The first-order valence-corrected chi connectivity index (χ1v) is 4.91. The minimum Gasteiger partial charge on any atom is -0.481 e. The summed E-state index contributed by atoms with van der Waals surface area (Å²) in [4.78, 5) is 21.9. The third kappa shape index (κ3) is 3.27. The zero-order valence-electron chi connectivity index (χ0n) is 8.00. The van der Waals surface area contributed by atoms with Crippen LogP contribution in [0.25, 0.3) is 0 Å². The number of ether oxygens (including phenoxy) is 1. The fourth-order valence-corrected chi connectivity index (χ4v) is 1.25. The maximum absolute atomic E-state index is 11.0. The summed E-state index contributed by atoms with van der Waals surface area (Å²) in [7, 11) is 0. The molecule has 16 heavy (non-hydrogen) atoms. The van der Waals surface area contributed by atoms with Crippen LogP contribution in [0.5, 0.6) is 5.75 Å². The lowest BCUT2D eigenvalue weighted by molar-refractivity contribution is 0.108. The first-order chi connectivity index (χ1) is 7.54. The Morgan fingerprint density at radius 3 is 2.06 bits per heavy atom. The average molecular weight is 257 g/mol. The van der Waals surface area contributed by atoms with Crippen LogP contribution < -0.4 is 4.74 Å². The Bertz CT molecular complexity index is 442. The molecule has 0 atom stereocenters. The van der Waals surface area contributed by atoms with Crippen LogP contribution in [-0.2, 0) is 0 Å². The summed E-state index contributed by atoms with van der Waals surface area (Å²) in [5.41, 5.74) is 0.250. The van der Waals surface area contributed by atoms with E-state index in [9.17, 15) is 9.59 Å². The average Bonchev–Trinajstić information content (AvgIpc) is 2.25. The normalized spacial score (nSPS) is 9.31. The first kappa shape index (κ1) is 12.6. The van der Waals surface area contributed by atoms with Crippen LogP contribution in [0.1, 0.15) is 20.7 Å². The highest BCUT2D eigenvalue weighted by atomic mass is 35.5. The number of terminal acetylenes is 1. The van der Waals surface area contributed by atoms with E-state index in [2.05, 4.69) is 5.92 Å². The molecule has 0 heterocycles. The minimum absolute atomic E-state index is 0.0237. The molecule has 1 aromatic rings. The quantitative estimate of drug-likeness (QED) is 0.614. The molecule has 0 N–H and O–H groups in total. The van der Waals surface area contributed by atoms with E-state index in [1.807, 2.05) is 0 Å². The van der Waals surface area contributed by atoms with Gasteiger partial charge in [-0.3, -0.25) is 9.59 Å². The largest absolute Gasteiger partial charge is 0.481 e. The summed E-state index contributed by atoms with van der Waals surface area (Å²) in [6.07, 6.45) is 5.01. The predicted molar refractivity (Wildman–Crippen MR) is 61.1 cm³/mol. The number of carbonyl (C=O) groups is 2. The van der Waals surface area contributed by atoms with Crippen LogP contribution in [0.4, 0.5) is 0 Å². The standard InChI is InChI=1S/C11H6Cl2O3/c1-2-3-16-9-5-7(10(12)14)4-8(6-9)11(13)15/h1,4-6H,3H2. The summed E-state index contributed by atoms with van der Waals surface area (Å²) in [6.45, 7) is 0.0237. The van der Waals surface area contributed by atoms with E-state index >= 15 is 0 Å². The minimum atomic E-state index is -0.703. The van der Waals surface area contributed by atoms with Crippen molar-refractivity contribution in [1.82, 2.24) is 0 Å². The van der Waals surface area contributed by atoms with Crippen LogP contribution in [0, 0.1) is 12.3 Å². The molecule has 1 aromatic carbocycles. The molecular weight excluding hydrogens is 251 g/mol. The van der Waals surface area contributed by atoms with Crippen molar-refractivity contribution in [3.63, 3.8) is 0 Å². The number of benzene rings is 1. The van der Waals surface area contributed by atoms with Gasteiger partial charge in [0.05, 0.1) is 0 Å². The van der Waals surface area contributed by atoms with Crippen molar-refractivity contribution in [2.75, 3.05) is 6.61 Å². The van der Waals surface area contributed by atoms with Gasteiger partial charge in [0.25, 0.3) is 10.5 Å². The number of rotatable bonds is 4. The van der Waals surface area contributed by atoms with Gasteiger partial charge in [-0.2, -0.15) is 0 Å². The van der Waals surface area contributed by atoms with Gasteiger partial charge >= 0.3 is 0 Å². The van der Waals surface area contributed by atoms with Crippen LogP contribution in [0.15, 0.2) is 18.2 Å². The Kier molecular flexibility index (Phi) is 4.36. The van der Waals surface area contributed by atoms with E-state index in [-0.39, 0.29) is 23.5 Å². The molecule has 0 spiro atoms. The van der Waals surface area contributed by atoms with Crippen molar-refractivity contribution >= 4 is 33.7 Å². The molecule has 0 saturated heterocycles. The summed E-state index contributed by atoms with van der Waals surface area (Å²) >= 11 is 10.6. The molecule has 0 bridgehead atoms. The summed E-state index contributed by atoms with van der Waals surface area (Å²) in [5.74, 6) is 2.53. The van der Waals surface area contributed by atoms with Crippen molar-refractivity contribution in [3.05, 3.63) is 29.3 Å². The third-order valence-corrected chi connectivity index (χ3v) is 2.12.